The van der Waals surface area contributed by atoms with Gasteiger partial charge in [-0.25, -0.2) is 4.39 Å². The van der Waals surface area contributed by atoms with Crippen LogP contribution in [0.25, 0.3) is 0 Å². The molecular formula is C14H18FN3. The Kier molecular flexibility index (Phi) is 4.10. The third-order valence-corrected chi connectivity index (χ3v) is 3.12. The number of benzene rings is 1. The lowest BCUT2D eigenvalue weighted by molar-refractivity contribution is 0.575. The zero-order valence-corrected chi connectivity index (χ0v) is 10.5. The molecule has 0 saturated carbocycles. The van der Waals surface area contributed by atoms with Crippen molar-refractivity contribution in [2.45, 2.75) is 25.8 Å². The molecule has 0 radical (unpaired) electrons. The lowest BCUT2D eigenvalue weighted by atomic mass is 9.93. The normalized spacial score (nSPS) is 12.6. The van der Waals surface area contributed by atoms with E-state index < -0.39 is 0 Å². The van der Waals surface area contributed by atoms with Gasteiger partial charge >= 0.3 is 0 Å². The van der Waals surface area contributed by atoms with E-state index in [-0.39, 0.29) is 11.7 Å². The van der Waals surface area contributed by atoms with Crippen LogP contribution in [0.4, 0.5) is 4.39 Å². The lowest BCUT2D eigenvalue weighted by Gasteiger charge is -2.14. The molecule has 1 heterocycles. The first-order valence-corrected chi connectivity index (χ1v) is 6.20. The molecule has 0 bridgehead atoms. The summed E-state index contributed by atoms with van der Waals surface area (Å²) in [5, 5.41) is 4.22. The number of aryl methyl sites for hydroxylation is 1. The number of rotatable bonds is 5. The smallest absolute Gasteiger partial charge is 0.126 e. The molecule has 1 unspecified atom stereocenters. The molecule has 96 valence electrons. The SMILES string of the molecule is CCn1cc(CC(CN)c2ccccc2F)cn1. The molecule has 0 spiro atoms. The Morgan fingerprint density at radius 2 is 2.17 bits per heavy atom. The summed E-state index contributed by atoms with van der Waals surface area (Å²) in [6, 6.07) is 6.82. The van der Waals surface area contributed by atoms with E-state index >= 15 is 0 Å². The highest BCUT2D eigenvalue weighted by Gasteiger charge is 2.15. The molecule has 0 aliphatic carbocycles. The quantitative estimate of drug-likeness (QED) is 0.881. The fourth-order valence-electron chi connectivity index (χ4n) is 2.10. The van der Waals surface area contributed by atoms with Crippen molar-refractivity contribution in [3.05, 3.63) is 53.6 Å². The summed E-state index contributed by atoms with van der Waals surface area (Å²) in [6.45, 7) is 3.30. The largest absolute Gasteiger partial charge is 0.330 e. The highest BCUT2D eigenvalue weighted by Crippen LogP contribution is 2.22. The number of nitrogens with zero attached hydrogens (tertiary/aromatic N) is 2. The molecule has 4 heteroatoms. The van der Waals surface area contributed by atoms with E-state index in [1.54, 1.807) is 12.1 Å². The van der Waals surface area contributed by atoms with Crippen LogP contribution < -0.4 is 5.73 Å². The Labute approximate surface area is 106 Å². The summed E-state index contributed by atoms with van der Waals surface area (Å²) in [4.78, 5) is 0. The van der Waals surface area contributed by atoms with Crippen LogP contribution >= 0.6 is 0 Å². The summed E-state index contributed by atoms with van der Waals surface area (Å²) >= 11 is 0. The number of nitrogens with two attached hydrogens (primary N) is 1. The van der Waals surface area contributed by atoms with E-state index in [1.807, 2.05) is 30.1 Å². The molecule has 2 aromatic rings. The van der Waals surface area contributed by atoms with Crippen molar-refractivity contribution < 1.29 is 4.39 Å². The van der Waals surface area contributed by atoms with Gasteiger partial charge in [0.05, 0.1) is 6.20 Å². The highest BCUT2D eigenvalue weighted by atomic mass is 19.1. The minimum Gasteiger partial charge on any atom is -0.330 e. The van der Waals surface area contributed by atoms with Crippen LogP contribution in [-0.2, 0) is 13.0 Å². The average Bonchev–Trinajstić information content (AvgIpc) is 2.85. The van der Waals surface area contributed by atoms with Crippen LogP contribution in [0.15, 0.2) is 36.7 Å². The first-order valence-electron chi connectivity index (χ1n) is 6.20. The molecule has 0 fully saturated rings. The molecule has 2 rings (SSSR count). The molecule has 0 aliphatic heterocycles. The second-order valence-corrected chi connectivity index (χ2v) is 4.36. The van der Waals surface area contributed by atoms with Crippen molar-refractivity contribution in [1.82, 2.24) is 9.78 Å². The molecule has 3 nitrogen and oxygen atoms in total. The highest BCUT2D eigenvalue weighted by molar-refractivity contribution is 5.24. The second kappa shape index (κ2) is 5.78. The van der Waals surface area contributed by atoms with Gasteiger partial charge in [0.25, 0.3) is 0 Å². The molecule has 1 atom stereocenters. The Morgan fingerprint density at radius 3 is 2.78 bits per heavy atom. The van der Waals surface area contributed by atoms with Crippen LogP contribution in [-0.4, -0.2) is 16.3 Å². The van der Waals surface area contributed by atoms with Crippen molar-refractivity contribution in [3.8, 4) is 0 Å². The molecule has 2 N–H and O–H groups in total. The summed E-state index contributed by atoms with van der Waals surface area (Å²) in [6.07, 6.45) is 4.54. The first-order chi connectivity index (χ1) is 8.74. The topological polar surface area (TPSA) is 43.8 Å². The lowest BCUT2D eigenvalue weighted by Crippen LogP contribution is -2.16. The number of halogens is 1. The Bertz CT molecular complexity index is 507. The van der Waals surface area contributed by atoms with Gasteiger partial charge in [0.2, 0.25) is 0 Å². The van der Waals surface area contributed by atoms with Crippen LogP contribution in [0.1, 0.15) is 24.0 Å². The van der Waals surface area contributed by atoms with Crippen molar-refractivity contribution in [1.29, 1.82) is 0 Å². The fraction of sp³-hybridized carbons (Fsp3) is 0.357. The maximum atomic E-state index is 13.7. The first kappa shape index (κ1) is 12.8. The molecule has 1 aromatic carbocycles. The van der Waals surface area contributed by atoms with Gasteiger partial charge in [0.1, 0.15) is 5.82 Å². The van der Waals surface area contributed by atoms with Gasteiger partial charge in [-0.1, -0.05) is 18.2 Å². The van der Waals surface area contributed by atoms with Crippen molar-refractivity contribution in [2.24, 2.45) is 5.73 Å². The second-order valence-electron chi connectivity index (χ2n) is 4.36. The standard InChI is InChI=1S/C14H18FN3/c1-2-18-10-11(9-17-18)7-12(8-16)13-5-3-4-6-14(13)15/h3-6,9-10,12H,2,7-8,16H2,1H3. The van der Waals surface area contributed by atoms with E-state index in [1.165, 1.54) is 6.07 Å². The van der Waals surface area contributed by atoms with Crippen molar-refractivity contribution >= 4 is 0 Å². The zero-order chi connectivity index (χ0) is 13.0. The van der Waals surface area contributed by atoms with Gasteiger partial charge < -0.3 is 5.73 Å². The van der Waals surface area contributed by atoms with Gasteiger partial charge in [-0.05, 0) is 37.1 Å². The zero-order valence-electron chi connectivity index (χ0n) is 10.5. The minimum absolute atomic E-state index is 0.000654. The molecule has 0 amide bonds. The van der Waals surface area contributed by atoms with E-state index in [2.05, 4.69) is 5.10 Å². The summed E-state index contributed by atoms with van der Waals surface area (Å²) < 4.78 is 15.6. The predicted molar refractivity (Wildman–Crippen MR) is 69.8 cm³/mol. The summed E-state index contributed by atoms with van der Waals surface area (Å²) in [7, 11) is 0. The van der Waals surface area contributed by atoms with Gasteiger partial charge in [-0.15, -0.1) is 0 Å². The summed E-state index contributed by atoms with van der Waals surface area (Å²) in [5.41, 5.74) is 7.54. The molecule has 0 saturated heterocycles. The van der Waals surface area contributed by atoms with Gasteiger partial charge in [0.15, 0.2) is 0 Å². The van der Waals surface area contributed by atoms with Gasteiger partial charge in [-0.3, -0.25) is 4.68 Å². The van der Waals surface area contributed by atoms with Crippen molar-refractivity contribution in [3.63, 3.8) is 0 Å². The van der Waals surface area contributed by atoms with Crippen LogP contribution in [0.2, 0.25) is 0 Å². The molecular weight excluding hydrogens is 229 g/mol. The maximum absolute atomic E-state index is 13.7. The average molecular weight is 247 g/mol. The van der Waals surface area contributed by atoms with Crippen LogP contribution in [0.3, 0.4) is 0 Å². The van der Waals surface area contributed by atoms with Crippen LogP contribution in [0.5, 0.6) is 0 Å². The van der Waals surface area contributed by atoms with Gasteiger partial charge in [-0.2, -0.15) is 5.10 Å². The number of hydrogen-bond acceptors (Lipinski definition) is 2. The van der Waals surface area contributed by atoms with E-state index in [9.17, 15) is 4.39 Å². The van der Waals surface area contributed by atoms with Crippen molar-refractivity contribution in [2.75, 3.05) is 6.54 Å². The molecule has 1 aromatic heterocycles. The molecule has 0 aliphatic rings. The minimum atomic E-state index is -0.184. The van der Waals surface area contributed by atoms with Gasteiger partial charge in [0, 0.05) is 18.7 Å². The Balaban J connectivity index is 2.17. The third-order valence-electron chi connectivity index (χ3n) is 3.12. The summed E-state index contributed by atoms with van der Waals surface area (Å²) in [5.74, 6) is -0.184. The Morgan fingerprint density at radius 1 is 1.39 bits per heavy atom. The maximum Gasteiger partial charge on any atom is 0.126 e. The fourth-order valence-corrected chi connectivity index (χ4v) is 2.10. The molecule has 18 heavy (non-hydrogen) atoms. The van der Waals surface area contributed by atoms with E-state index in [0.29, 0.717) is 12.1 Å². The Hall–Kier alpha value is -1.68. The number of hydrogen-bond donors (Lipinski definition) is 1. The van der Waals surface area contributed by atoms with E-state index in [0.717, 1.165) is 18.5 Å². The number of aromatic nitrogens is 2. The third kappa shape index (κ3) is 2.76. The monoisotopic (exact) mass is 247 g/mol. The predicted octanol–water partition coefficient (Wildman–Crippen LogP) is 2.33. The van der Waals surface area contributed by atoms with Crippen LogP contribution in [0, 0.1) is 5.82 Å². The van der Waals surface area contributed by atoms with E-state index in [4.69, 9.17) is 5.73 Å².